The molecule has 0 amide bonds. The van der Waals surface area contributed by atoms with E-state index in [1.165, 1.54) is 0 Å². The first-order valence-corrected chi connectivity index (χ1v) is 8.41. The summed E-state index contributed by atoms with van der Waals surface area (Å²) in [7, 11) is -3.27. The molecule has 0 heterocycles. The molecule has 4 heteroatoms. The van der Waals surface area contributed by atoms with Crippen molar-refractivity contribution in [3.63, 3.8) is 0 Å². The molecule has 0 bridgehead atoms. The van der Waals surface area contributed by atoms with Gasteiger partial charge >= 0.3 is 0 Å². The van der Waals surface area contributed by atoms with E-state index >= 15 is 0 Å². The molecule has 1 rings (SSSR count). The summed E-state index contributed by atoms with van der Waals surface area (Å²) in [6.45, 7) is 8.32. The van der Waals surface area contributed by atoms with E-state index in [4.69, 9.17) is 5.73 Å². The van der Waals surface area contributed by atoms with Gasteiger partial charge in [0.05, 0.1) is 10.6 Å². The molecule has 108 valence electrons. The standard InChI is InChI=1S/C15H25NO2S/c1-5-6-13(16)11-19(17,18)14-9-7-12(8-10-14)15(2,3)4/h7-10,13H,5-6,11,16H2,1-4H3. The predicted molar refractivity (Wildman–Crippen MR) is 80.1 cm³/mol. The Hall–Kier alpha value is -0.870. The molecule has 3 nitrogen and oxygen atoms in total. The van der Waals surface area contributed by atoms with E-state index in [0.29, 0.717) is 4.90 Å². The molecule has 2 N–H and O–H groups in total. The maximum Gasteiger partial charge on any atom is 0.179 e. The van der Waals surface area contributed by atoms with Crippen LogP contribution in [-0.2, 0) is 15.3 Å². The Morgan fingerprint density at radius 2 is 1.68 bits per heavy atom. The number of nitrogens with two attached hydrogens (primary N) is 1. The van der Waals surface area contributed by atoms with Crippen molar-refractivity contribution in [2.24, 2.45) is 5.73 Å². The molecule has 0 radical (unpaired) electrons. The largest absolute Gasteiger partial charge is 0.327 e. The summed E-state index contributed by atoms with van der Waals surface area (Å²) in [5.41, 5.74) is 6.99. The molecule has 1 unspecified atom stereocenters. The summed E-state index contributed by atoms with van der Waals surface area (Å²) in [6.07, 6.45) is 1.64. The van der Waals surface area contributed by atoms with Gasteiger partial charge in [0, 0.05) is 6.04 Å². The first-order valence-electron chi connectivity index (χ1n) is 6.75. The van der Waals surface area contributed by atoms with Crippen molar-refractivity contribution in [3.8, 4) is 0 Å². The van der Waals surface area contributed by atoms with Gasteiger partial charge in [0.2, 0.25) is 0 Å². The van der Waals surface area contributed by atoms with Crippen LogP contribution >= 0.6 is 0 Å². The fraction of sp³-hybridized carbons (Fsp3) is 0.600. The molecule has 0 aromatic heterocycles. The monoisotopic (exact) mass is 283 g/mol. The zero-order valence-electron chi connectivity index (χ0n) is 12.3. The second-order valence-corrected chi connectivity index (χ2v) is 8.14. The smallest absolute Gasteiger partial charge is 0.179 e. The van der Waals surface area contributed by atoms with Crippen LogP contribution in [0.5, 0.6) is 0 Å². The molecular weight excluding hydrogens is 258 g/mol. The lowest BCUT2D eigenvalue weighted by atomic mass is 9.87. The summed E-state index contributed by atoms with van der Waals surface area (Å²) in [4.78, 5) is 0.368. The number of hydrogen-bond donors (Lipinski definition) is 1. The zero-order valence-corrected chi connectivity index (χ0v) is 13.1. The first-order chi connectivity index (χ1) is 8.66. The van der Waals surface area contributed by atoms with Gasteiger partial charge in [-0.15, -0.1) is 0 Å². The van der Waals surface area contributed by atoms with Crippen molar-refractivity contribution in [1.29, 1.82) is 0 Å². The van der Waals surface area contributed by atoms with E-state index in [-0.39, 0.29) is 17.2 Å². The molecule has 0 aliphatic rings. The second-order valence-electron chi connectivity index (χ2n) is 6.10. The van der Waals surface area contributed by atoms with E-state index in [2.05, 4.69) is 20.8 Å². The molecule has 0 saturated carbocycles. The Bertz CT molecular complexity index is 498. The van der Waals surface area contributed by atoms with Crippen molar-refractivity contribution < 1.29 is 8.42 Å². The van der Waals surface area contributed by atoms with Gasteiger partial charge in [-0.25, -0.2) is 8.42 Å². The molecule has 1 atom stereocenters. The lowest BCUT2D eigenvalue weighted by Crippen LogP contribution is -2.29. The van der Waals surface area contributed by atoms with Crippen LogP contribution < -0.4 is 5.73 Å². The van der Waals surface area contributed by atoms with Crippen LogP contribution in [0.2, 0.25) is 0 Å². The third-order valence-corrected chi connectivity index (χ3v) is 5.03. The van der Waals surface area contributed by atoms with Crippen molar-refractivity contribution in [3.05, 3.63) is 29.8 Å². The summed E-state index contributed by atoms with van der Waals surface area (Å²) >= 11 is 0. The fourth-order valence-corrected chi connectivity index (χ4v) is 3.47. The van der Waals surface area contributed by atoms with Crippen LogP contribution in [0.1, 0.15) is 46.1 Å². The highest BCUT2D eigenvalue weighted by Gasteiger charge is 2.20. The van der Waals surface area contributed by atoms with Gasteiger partial charge in [-0.1, -0.05) is 46.2 Å². The van der Waals surface area contributed by atoms with Crippen LogP contribution in [0.25, 0.3) is 0 Å². The Labute approximate surface area is 117 Å². The van der Waals surface area contributed by atoms with Gasteiger partial charge in [0.1, 0.15) is 0 Å². The first kappa shape index (κ1) is 16.2. The minimum absolute atomic E-state index is 0.0235. The molecule has 19 heavy (non-hydrogen) atoms. The van der Waals surface area contributed by atoms with Crippen LogP contribution in [0.4, 0.5) is 0 Å². The van der Waals surface area contributed by atoms with Gasteiger partial charge in [-0.2, -0.15) is 0 Å². The zero-order chi connectivity index (χ0) is 14.7. The van der Waals surface area contributed by atoms with Crippen LogP contribution in [-0.4, -0.2) is 20.2 Å². The highest BCUT2D eigenvalue weighted by Crippen LogP contribution is 2.24. The maximum atomic E-state index is 12.2. The highest BCUT2D eigenvalue weighted by atomic mass is 32.2. The molecule has 1 aromatic rings. The third-order valence-electron chi connectivity index (χ3n) is 3.17. The molecule has 0 aliphatic carbocycles. The molecule has 0 spiro atoms. The van der Waals surface area contributed by atoms with Crippen LogP contribution in [0, 0.1) is 0 Å². The quantitative estimate of drug-likeness (QED) is 0.904. The number of rotatable bonds is 5. The van der Waals surface area contributed by atoms with Crippen molar-refractivity contribution in [2.45, 2.75) is 56.9 Å². The van der Waals surface area contributed by atoms with E-state index in [1.54, 1.807) is 12.1 Å². The minimum Gasteiger partial charge on any atom is -0.327 e. The Morgan fingerprint density at radius 1 is 1.16 bits per heavy atom. The van der Waals surface area contributed by atoms with E-state index in [9.17, 15) is 8.42 Å². The SMILES string of the molecule is CCCC(N)CS(=O)(=O)c1ccc(C(C)(C)C)cc1. The Morgan fingerprint density at radius 3 is 2.11 bits per heavy atom. The lowest BCUT2D eigenvalue weighted by Gasteiger charge is -2.19. The van der Waals surface area contributed by atoms with E-state index in [0.717, 1.165) is 18.4 Å². The molecule has 0 saturated heterocycles. The Kier molecular flexibility index (Phi) is 5.16. The van der Waals surface area contributed by atoms with Crippen molar-refractivity contribution in [2.75, 3.05) is 5.75 Å². The fourth-order valence-electron chi connectivity index (χ4n) is 1.99. The summed E-state index contributed by atoms with van der Waals surface area (Å²) < 4.78 is 24.4. The normalized spacial score (nSPS) is 14.4. The summed E-state index contributed by atoms with van der Waals surface area (Å²) in [5.74, 6) is 0.0235. The van der Waals surface area contributed by atoms with Crippen molar-refractivity contribution >= 4 is 9.84 Å². The maximum absolute atomic E-state index is 12.2. The van der Waals surface area contributed by atoms with Crippen molar-refractivity contribution in [1.82, 2.24) is 0 Å². The number of sulfone groups is 1. The van der Waals surface area contributed by atoms with Crippen LogP contribution in [0.3, 0.4) is 0 Å². The van der Waals surface area contributed by atoms with Gasteiger partial charge in [-0.3, -0.25) is 0 Å². The second kappa shape index (κ2) is 6.06. The Balaban J connectivity index is 2.91. The summed E-state index contributed by atoms with van der Waals surface area (Å²) in [6, 6.07) is 6.87. The topological polar surface area (TPSA) is 60.2 Å². The highest BCUT2D eigenvalue weighted by molar-refractivity contribution is 7.91. The lowest BCUT2D eigenvalue weighted by molar-refractivity contribution is 0.575. The molecule has 0 fully saturated rings. The average molecular weight is 283 g/mol. The molecule has 0 aliphatic heterocycles. The number of hydrogen-bond acceptors (Lipinski definition) is 3. The average Bonchev–Trinajstić information content (AvgIpc) is 2.27. The predicted octanol–water partition coefficient (Wildman–Crippen LogP) is 2.89. The minimum atomic E-state index is -3.27. The van der Waals surface area contributed by atoms with E-state index < -0.39 is 9.84 Å². The van der Waals surface area contributed by atoms with Gasteiger partial charge in [0.15, 0.2) is 9.84 Å². The molecule has 1 aromatic carbocycles. The van der Waals surface area contributed by atoms with Gasteiger partial charge in [-0.05, 0) is 29.5 Å². The molecular formula is C15H25NO2S. The third kappa shape index (κ3) is 4.62. The van der Waals surface area contributed by atoms with Crippen LogP contribution in [0.15, 0.2) is 29.2 Å². The summed E-state index contributed by atoms with van der Waals surface area (Å²) in [5, 5.41) is 0. The van der Waals surface area contributed by atoms with Gasteiger partial charge in [0.25, 0.3) is 0 Å². The number of benzene rings is 1. The van der Waals surface area contributed by atoms with Gasteiger partial charge < -0.3 is 5.73 Å². The van der Waals surface area contributed by atoms with E-state index in [1.807, 2.05) is 19.1 Å².